The van der Waals surface area contributed by atoms with Crippen molar-refractivity contribution >= 4 is 72.4 Å². The highest BCUT2D eigenvalue weighted by Gasteiger charge is 2.23. The molecule has 0 aliphatic rings. The lowest BCUT2D eigenvalue weighted by Crippen LogP contribution is -2.25. The number of hydrogen-bond acceptors (Lipinski definition) is 14. The zero-order valence-corrected chi connectivity index (χ0v) is 25.4. The number of aromatic hydroxyl groups is 1. The highest BCUT2D eigenvalue weighted by atomic mass is 35.5. The maximum Gasteiger partial charge on any atom is 0.296 e. The maximum absolute atomic E-state index is 12.9. The van der Waals surface area contributed by atoms with E-state index in [-0.39, 0.29) is 45.4 Å². The van der Waals surface area contributed by atoms with Crippen molar-refractivity contribution in [3.8, 4) is 5.88 Å². The molecule has 0 aliphatic heterocycles. The number of nitrogens with one attached hydrogen (secondary N) is 2. The van der Waals surface area contributed by atoms with Gasteiger partial charge in [0.25, 0.3) is 31.7 Å². The Morgan fingerprint density at radius 2 is 1.53 bits per heavy atom. The first kappa shape index (κ1) is 32.9. The summed E-state index contributed by atoms with van der Waals surface area (Å²) in [6, 6.07) is 8.26. The highest BCUT2D eigenvalue weighted by Crippen LogP contribution is 2.32. The van der Waals surface area contributed by atoms with Crippen molar-refractivity contribution in [1.82, 2.24) is 19.5 Å². The van der Waals surface area contributed by atoms with E-state index in [1.165, 1.54) is 32.0 Å². The SMILES string of the molecule is CCn1c(O)c(C(N)=O)c(C)c(N=Nc2cc(Nc3nc(Cl)nc(Nc4ccc(S(=O)(=O)O)cc4)n3)ccc2S(=O)(=O)O)c1=O. The Balaban J connectivity index is 1.71. The fraction of sp³-hybridized carbons (Fsp3) is 0.125. The number of benzene rings is 2. The first-order chi connectivity index (χ1) is 21.0. The molecule has 2 aromatic heterocycles. The normalized spacial score (nSPS) is 11.9. The Morgan fingerprint density at radius 1 is 0.956 bits per heavy atom. The average Bonchev–Trinajstić information content (AvgIpc) is 2.92. The third-order valence-corrected chi connectivity index (χ3v) is 7.92. The molecule has 4 rings (SSSR count). The summed E-state index contributed by atoms with van der Waals surface area (Å²) in [6.07, 6.45) is 0. The third kappa shape index (κ3) is 7.38. The van der Waals surface area contributed by atoms with E-state index in [2.05, 4.69) is 35.8 Å². The van der Waals surface area contributed by atoms with Crippen LogP contribution in [-0.4, -0.2) is 56.5 Å². The van der Waals surface area contributed by atoms with Gasteiger partial charge in [0, 0.05) is 23.5 Å². The van der Waals surface area contributed by atoms with Gasteiger partial charge in [-0.1, -0.05) is 0 Å². The maximum atomic E-state index is 12.9. The van der Waals surface area contributed by atoms with Crippen LogP contribution in [-0.2, 0) is 26.8 Å². The zero-order valence-electron chi connectivity index (χ0n) is 23.0. The van der Waals surface area contributed by atoms with E-state index in [1.807, 2.05) is 0 Å². The first-order valence-electron chi connectivity index (χ1n) is 12.3. The number of pyridine rings is 1. The number of nitrogens with two attached hydrogens (primary N) is 1. The molecule has 4 aromatic rings. The van der Waals surface area contributed by atoms with Crippen LogP contribution in [0.3, 0.4) is 0 Å². The molecule has 1 amide bonds. The Hall–Kier alpha value is -5.02. The van der Waals surface area contributed by atoms with E-state index in [0.717, 1.165) is 28.8 Å². The van der Waals surface area contributed by atoms with Crippen molar-refractivity contribution in [2.75, 3.05) is 10.6 Å². The molecule has 2 aromatic carbocycles. The van der Waals surface area contributed by atoms with Crippen molar-refractivity contribution in [2.24, 2.45) is 16.0 Å². The lowest BCUT2D eigenvalue weighted by molar-refractivity contribution is 0.0995. The summed E-state index contributed by atoms with van der Waals surface area (Å²) >= 11 is 6.02. The molecule has 2 heterocycles. The number of carbonyl (C=O) groups is 1. The van der Waals surface area contributed by atoms with Crippen molar-refractivity contribution in [1.29, 1.82) is 0 Å². The molecule has 0 saturated heterocycles. The molecule has 21 heteroatoms. The number of azo groups is 1. The van der Waals surface area contributed by atoms with Gasteiger partial charge in [-0.05, 0) is 67.9 Å². The molecule has 0 fully saturated rings. The van der Waals surface area contributed by atoms with Crippen LogP contribution in [0.4, 0.5) is 34.6 Å². The van der Waals surface area contributed by atoms with E-state index in [4.69, 9.17) is 21.9 Å². The number of nitrogens with zero attached hydrogens (tertiary/aromatic N) is 6. The van der Waals surface area contributed by atoms with Gasteiger partial charge in [-0.15, -0.1) is 10.2 Å². The Morgan fingerprint density at radius 3 is 2.07 bits per heavy atom. The molecule has 0 aliphatic carbocycles. The zero-order chi connectivity index (χ0) is 33.3. The lowest BCUT2D eigenvalue weighted by Gasteiger charge is -2.13. The van der Waals surface area contributed by atoms with Gasteiger partial charge >= 0.3 is 0 Å². The minimum Gasteiger partial charge on any atom is -0.494 e. The number of rotatable bonds is 10. The number of aromatic nitrogens is 4. The van der Waals surface area contributed by atoms with Gasteiger partial charge < -0.3 is 21.5 Å². The predicted octanol–water partition coefficient (Wildman–Crippen LogP) is 3.22. The van der Waals surface area contributed by atoms with Crippen molar-refractivity contribution < 1.29 is 35.8 Å². The monoisotopic (exact) mass is 679 g/mol. The molecule has 0 unspecified atom stereocenters. The summed E-state index contributed by atoms with van der Waals surface area (Å²) in [4.78, 5) is 35.8. The largest absolute Gasteiger partial charge is 0.494 e. The first-order valence-corrected chi connectivity index (χ1v) is 15.6. The van der Waals surface area contributed by atoms with E-state index in [1.54, 1.807) is 0 Å². The number of anilines is 4. The quantitative estimate of drug-likeness (QED) is 0.104. The van der Waals surface area contributed by atoms with Gasteiger partial charge in [0.05, 0.1) is 4.90 Å². The van der Waals surface area contributed by atoms with Crippen LogP contribution >= 0.6 is 11.6 Å². The van der Waals surface area contributed by atoms with E-state index in [0.29, 0.717) is 5.69 Å². The molecule has 7 N–H and O–H groups in total. The summed E-state index contributed by atoms with van der Waals surface area (Å²) in [5.41, 5.74) is 3.56. The van der Waals surface area contributed by atoms with Crippen molar-refractivity contribution in [2.45, 2.75) is 30.2 Å². The molecule has 0 bridgehead atoms. The minimum atomic E-state index is -4.85. The van der Waals surface area contributed by atoms with Gasteiger partial charge in [0.1, 0.15) is 16.1 Å². The second-order valence-corrected chi connectivity index (χ2v) is 12.1. The highest BCUT2D eigenvalue weighted by molar-refractivity contribution is 7.86. The summed E-state index contributed by atoms with van der Waals surface area (Å²) < 4.78 is 66.4. The van der Waals surface area contributed by atoms with Gasteiger partial charge in [0.2, 0.25) is 23.1 Å². The van der Waals surface area contributed by atoms with E-state index in [9.17, 15) is 36.1 Å². The fourth-order valence-electron chi connectivity index (χ4n) is 3.94. The fourth-order valence-corrected chi connectivity index (χ4v) is 5.18. The van der Waals surface area contributed by atoms with Crippen LogP contribution in [0.5, 0.6) is 5.88 Å². The number of carbonyl (C=O) groups excluding carboxylic acids is 1. The summed E-state index contributed by atoms with van der Waals surface area (Å²) in [5, 5.41) is 23.2. The van der Waals surface area contributed by atoms with E-state index < -0.39 is 53.9 Å². The molecule has 0 radical (unpaired) electrons. The van der Waals surface area contributed by atoms with Gasteiger partial charge in [-0.2, -0.15) is 31.8 Å². The summed E-state index contributed by atoms with van der Waals surface area (Å²) in [5.74, 6) is -1.96. The summed E-state index contributed by atoms with van der Waals surface area (Å²) in [6.45, 7) is 2.74. The molecular weight excluding hydrogens is 658 g/mol. The molecule has 0 saturated carbocycles. The van der Waals surface area contributed by atoms with E-state index >= 15 is 0 Å². The van der Waals surface area contributed by atoms with Crippen LogP contribution in [0.1, 0.15) is 22.8 Å². The molecule has 236 valence electrons. The standard InChI is InChI=1S/C24H22ClN9O9S2/c1-3-34-20(36)17(19(26)35)11(2)18(21(34)37)33-32-15-10-13(6-9-16(15)45(41,42)43)28-24-30-22(25)29-23(31-24)27-12-4-7-14(8-5-12)44(38,39)40/h4-10,36H,3H2,1-2H3,(H2,26,35)(H,38,39,40)(H,41,42,43)(H2,27,28,29,30,31). The Labute approximate surface area is 259 Å². The van der Waals surface area contributed by atoms with Gasteiger partial charge in [-0.3, -0.25) is 23.3 Å². The predicted molar refractivity (Wildman–Crippen MR) is 159 cm³/mol. The number of hydrogen-bond donors (Lipinski definition) is 6. The summed E-state index contributed by atoms with van der Waals surface area (Å²) in [7, 11) is -9.26. The second-order valence-electron chi connectivity index (χ2n) is 8.94. The van der Waals surface area contributed by atoms with Crippen molar-refractivity contribution in [3.05, 3.63) is 69.2 Å². The van der Waals surface area contributed by atoms with Crippen LogP contribution in [0.25, 0.3) is 0 Å². The van der Waals surface area contributed by atoms with Crippen LogP contribution in [0.15, 0.2) is 67.3 Å². The van der Waals surface area contributed by atoms with Crippen LogP contribution < -0.4 is 21.9 Å². The number of primary amides is 1. The van der Waals surface area contributed by atoms with Gasteiger partial charge in [0.15, 0.2) is 5.69 Å². The molecule has 0 spiro atoms. The molecule has 18 nitrogen and oxygen atoms in total. The molecule has 0 atom stereocenters. The Kier molecular flexibility index (Phi) is 9.16. The van der Waals surface area contributed by atoms with Crippen LogP contribution in [0, 0.1) is 6.92 Å². The second kappa shape index (κ2) is 12.5. The minimum absolute atomic E-state index is 0.0648. The average molecular weight is 680 g/mol. The topological polar surface area (TPSA) is 282 Å². The van der Waals surface area contributed by atoms with Crippen molar-refractivity contribution in [3.63, 3.8) is 0 Å². The molecule has 45 heavy (non-hydrogen) atoms. The third-order valence-electron chi connectivity index (χ3n) is 5.99. The number of halogens is 1. The molecular formula is C24H22ClN9O9S2. The Bertz CT molecular complexity index is 2140. The van der Waals surface area contributed by atoms with Gasteiger partial charge in [-0.25, -0.2) is 0 Å². The lowest BCUT2D eigenvalue weighted by atomic mass is 10.1. The number of amides is 1. The smallest absolute Gasteiger partial charge is 0.296 e. The van der Waals surface area contributed by atoms with Crippen LogP contribution in [0.2, 0.25) is 5.28 Å².